The first-order valence-corrected chi connectivity index (χ1v) is 28.0. The van der Waals surface area contributed by atoms with Crippen LogP contribution in [0, 0.1) is 22.7 Å². The number of alkyl carbamates (subject to hydrolysis) is 1. The lowest BCUT2D eigenvalue weighted by Gasteiger charge is -2.19. The first-order valence-electron chi connectivity index (χ1n) is 26.3. The molecule has 4 aromatic heterocycles. The molecule has 0 saturated carbocycles. The predicted molar refractivity (Wildman–Crippen MR) is 333 cm³/mol. The SMILES string of the molecule is CN(CCO)c1ccc(/C=C(\C#N)c2nc3ccccc3s2)cc1.CN(CCOC(=O)NCc1ccc(COc2nccc(N)n2)cc1)c1ccc(/C=C(\C#N)c2nc3ccccc3s2)cc1.NCc1ccc(COc2nccc(N)n2)cc1. The van der Waals surface area contributed by atoms with Crippen LogP contribution in [0.25, 0.3) is 43.7 Å². The molecule has 8 N–H and O–H groups in total. The Balaban J connectivity index is 0.000000187. The number of nitrogens with zero attached hydrogens (tertiary/aromatic N) is 10. The number of fused-ring (bicyclic) bond motifs is 2. The molecule has 1 amide bonds. The third-order valence-electron chi connectivity index (χ3n) is 12.4. The Labute approximate surface area is 494 Å². The number of amides is 1. The maximum absolute atomic E-state index is 12.2. The number of hydrogen-bond donors (Lipinski definition) is 5. The highest BCUT2D eigenvalue weighted by atomic mass is 32.1. The number of carbonyl (C=O) groups excluding carboxylic acids is 1. The highest BCUT2D eigenvalue weighted by Crippen LogP contribution is 2.30. The van der Waals surface area contributed by atoms with Crippen molar-refractivity contribution >= 4 is 95.5 Å². The number of likely N-dealkylation sites (N-methyl/N-ethyl adjacent to an activating group) is 2. The van der Waals surface area contributed by atoms with Gasteiger partial charge in [-0.3, -0.25) is 0 Å². The molecule has 0 spiro atoms. The van der Waals surface area contributed by atoms with Crippen molar-refractivity contribution in [2.75, 3.05) is 61.7 Å². The minimum Gasteiger partial charge on any atom is -0.459 e. The summed E-state index contributed by atoms with van der Waals surface area (Å²) in [5, 5.41) is 32.4. The Hall–Kier alpha value is -10.3. The third-order valence-corrected chi connectivity index (χ3v) is 14.6. The van der Waals surface area contributed by atoms with Gasteiger partial charge in [0.1, 0.15) is 53.6 Å². The number of nitrogen functional groups attached to an aromatic ring is 2. The van der Waals surface area contributed by atoms with Crippen molar-refractivity contribution < 1.29 is 24.1 Å². The molecule has 0 radical (unpaired) electrons. The smallest absolute Gasteiger partial charge is 0.407 e. The quantitative estimate of drug-likeness (QED) is 0.0443. The number of aliphatic hydroxyl groups excluding tert-OH is 1. The summed E-state index contributed by atoms with van der Waals surface area (Å²) in [7, 11) is 3.86. The monoisotopic (exact) mass is 1160 g/mol. The number of rotatable bonds is 20. The molecule has 0 aliphatic heterocycles. The zero-order chi connectivity index (χ0) is 59.0. The molecule has 21 heteroatoms. The second kappa shape index (κ2) is 30.5. The van der Waals surface area contributed by atoms with E-state index in [2.05, 4.69) is 47.4 Å². The van der Waals surface area contributed by atoms with Gasteiger partial charge in [0.25, 0.3) is 0 Å². The summed E-state index contributed by atoms with van der Waals surface area (Å²) in [4.78, 5) is 41.2. The fourth-order valence-electron chi connectivity index (χ4n) is 7.82. The Kier molecular flexibility index (Phi) is 21.7. The topological polar surface area (TPSA) is 286 Å². The van der Waals surface area contributed by atoms with Gasteiger partial charge in [0.2, 0.25) is 0 Å². The molecular formula is C63H60N14O5S2. The van der Waals surface area contributed by atoms with E-state index in [-0.39, 0.29) is 25.2 Å². The Bertz CT molecular complexity index is 3830. The molecule has 4 heterocycles. The van der Waals surface area contributed by atoms with E-state index in [0.717, 1.165) is 70.2 Å². The minimum atomic E-state index is -0.487. The first kappa shape index (κ1) is 59.8. The fraction of sp³-hybridized carbons (Fsp3) is 0.159. The summed E-state index contributed by atoms with van der Waals surface area (Å²) in [6, 6.07) is 55.2. The van der Waals surface area contributed by atoms with Gasteiger partial charge in [-0.15, -0.1) is 22.7 Å². The van der Waals surface area contributed by atoms with Gasteiger partial charge >= 0.3 is 18.1 Å². The Morgan fingerprint density at radius 1 is 0.595 bits per heavy atom. The Morgan fingerprint density at radius 2 is 1.04 bits per heavy atom. The number of ether oxygens (including phenoxy) is 3. The number of nitrogens with one attached hydrogen (secondary N) is 1. The lowest BCUT2D eigenvalue weighted by atomic mass is 10.1. The molecule has 84 heavy (non-hydrogen) atoms. The summed E-state index contributed by atoms with van der Waals surface area (Å²) in [6.45, 7) is 3.04. The zero-order valence-corrected chi connectivity index (χ0v) is 47.7. The fourth-order valence-corrected chi connectivity index (χ4v) is 9.68. The van der Waals surface area contributed by atoms with E-state index in [0.29, 0.717) is 67.2 Å². The van der Waals surface area contributed by atoms with Crippen LogP contribution in [0.15, 0.2) is 170 Å². The number of allylic oxidation sites excluding steroid dienone is 2. The maximum atomic E-state index is 12.2. The zero-order valence-electron chi connectivity index (χ0n) is 46.1. The number of para-hydroxylation sites is 2. The molecule has 19 nitrogen and oxygen atoms in total. The van der Waals surface area contributed by atoms with Crippen molar-refractivity contribution in [2.24, 2.45) is 5.73 Å². The molecular weight excluding hydrogens is 1100 g/mol. The molecule has 0 unspecified atom stereocenters. The van der Waals surface area contributed by atoms with Crippen molar-refractivity contribution in [2.45, 2.75) is 26.3 Å². The second-order valence-corrected chi connectivity index (χ2v) is 20.6. The number of carbonyl (C=O) groups is 1. The van der Waals surface area contributed by atoms with Crippen LogP contribution in [0.5, 0.6) is 12.0 Å². The van der Waals surface area contributed by atoms with Crippen LogP contribution in [0.3, 0.4) is 0 Å². The van der Waals surface area contributed by atoms with Gasteiger partial charge < -0.3 is 51.6 Å². The average molecular weight is 1160 g/mol. The van der Waals surface area contributed by atoms with Crippen molar-refractivity contribution in [3.8, 4) is 24.2 Å². The van der Waals surface area contributed by atoms with Gasteiger partial charge in [0, 0.05) is 57.5 Å². The van der Waals surface area contributed by atoms with Crippen LogP contribution in [0.2, 0.25) is 0 Å². The highest BCUT2D eigenvalue weighted by molar-refractivity contribution is 7.20. The number of anilines is 4. The van der Waals surface area contributed by atoms with Gasteiger partial charge in [-0.25, -0.2) is 24.7 Å². The van der Waals surface area contributed by atoms with Crippen LogP contribution in [0.4, 0.5) is 27.8 Å². The minimum absolute atomic E-state index is 0.119. The van der Waals surface area contributed by atoms with E-state index >= 15 is 0 Å². The van der Waals surface area contributed by atoms with E-state index in [1.807, 2.05) is 182 Å². The molecule has 0 bridgehead atoms. The summed E-state index contributed by atoms with van der Waals surface area (Å²) >= 11 is 3.03. The average Bonchev–Trinajstić information content (AvgIpc) is 4.39. The normalized spacial score (nSPS) is 11.0. The first-order chi connectivity index (χ1) is 40.9. The van der Waals surface area contributed by atoms with Gasteiger partial charge in [-0.1, -0.05) is 97.1 Å². The molecule has 10 rings (SSSR count). The van der Waals surface area contributed by atoms with Gasteiger partial charge in [0.15, 0.2) is 0 Å². The number of hydrogen-bond acceptors (Lipinski definition) is 20. The maximum Gasteiger partial charge on any atom is 0.407 e. The van der Waals surface area contributed by atoms with Crippen LogP contribution in [-0.2, 0) is 31.0 Å². The van der Waals surface area contributed by atoms with Crippen LogP contribution in [0.1, 0.15) is 43.4 Å². The summed E-state index contributed by atoms with van der Waals surface area (Å²) in [6.07, 6.45) is 6.31. The van der Waals surface area contributed by atoms with Gasteiger partial charge in [0.05, 0.1) is 44.7 Å². The molecule has 0 fully saturated rings. The largest absolute Gasteiger partial charge is 0.459 e. The van der Waals surface area contributed by atoms with Crippen molar-refractivity contribution in [1.82, 2.24) is 35.2 Å². The summed E-state index contributed by atoms with van der Waals surface area (Å²) in [5.74, 6) is 0.744. The highest BCUT2D eigenvalue weighted by Gasteiger charge is 2.12. The van der Waals surface area contributed by atoms with Crippen molar-refractivity contribution in [1.29, 1.82) is 10.5 Å². The predicted octanol–water partition coefficient (Wildman–Crippen LogP) is 10.6. The molecule has 0 aliphatic rings. The van der Waals surface area contributed by atoms with Gasteiger partial charge in [-0.2, -0.15) is 20.5 Å². The van der Waals surface area contributed by atoms with E-state index < -0.39 is 6.09 Å². The molecule has 10 aromatic rings. The molecule has 0 saturated heterocycles. The summed E-state index contributed by atoms with van der Waals surface area (Å²) < 4.78 is 18.4. The van der Waals surface area contributed by atoms with Crippen LogP contribution in [-0.4, -0.2) is 81.5 Å². The Morgan fingerprint density at radius 3 is 1.46 bits per heavy atom. The molecule has 424 valence electrons. The van der Waals surface area contributed by atoms with Crippen LogP contribution >= 0.6 is 22.7 Å². The molecule has 0 atom stereocenters. The molecule has 0 aliphatic carbocycles. The van der Waals surface area contributed by atoms with E-state index in [9.17, 15) is 15.3 Å². The van der Waals surface area contributed by atoms with E-state index in [1.165, 1.54) is 22.7 Å². The lowest BCUT2D eigenvalue weighted by molar-refractivity contribution is 0.148. The lowest BCUT2D eigenvalue weighted by Crippen LogP contribution is -2.28. The van der Waals surface area contributed by atoms with Crippen molar-refractivity contribution in [3.63, 3.8) is 0 Å². The van der Waals surface area contributed by atoms with Gasteiger partial charge in [-0.05, 0) is 106 Å². The number of benzene rings is 6. The van der Waals surface area contributed by atoms with E-state index in [4.69, 9.17) is 36.5 Å². The number of aliphatic hydroxyl groups is 1. The summed E-state index contributed by atoms with van der Waals surface area (Å²) in [5.41, 5.74) is 27.4. The van der Waals surface area contributed by atoms with Crippen LogP contribution < -0.4 is 41.8 Å². The van der Waals surface area contributed by atoms with Crippen molar-refractivity contribution in [3.05, 3.63) is 214 Å². The number of aromatic nitrogens is 6. The second-order valence-electron chi connectivity index (χ2n) is 18.5. The number of thiazole rings is 2. The molecule has 6 aromatic carbocycles. The number of nitrogens with two attached hydrogens (primary N) is 3. The standard InChI is InChI=1S/C32H29N7O3S.C19H17N3OS.C12H14N4O/c1-39(26-12-10-22(11-13-26)18-25(19-33)30-37-27-4-2-3-5-28(27)43-30)16-17-41-32(40)36-20-23-6-8-24(9-7-23)21-42-31-35-15-14-29(34)38-31;1-22(10-11-23)16-8-6-14(7-9-16)12-15(13-20)19-21-17-4-2-3-5-18(17)24-19;13-7-9-1-3-10(4-2-9)8-17-12-15-6-5-11(14)16-12/h2-15,18H,16-17,20-21H2,1H3,(H,36,40)(H2,34,35,38);2-9,12,23H,10-11H2,1H3;1-6H,7-8,13H2,(H2,14,15,16)/b25-18+;15-12+;. The number of nitriles is 2. The third kappa shape index (κ3) is 17.9. The van der Waals surface area contributed by atoms with E-state index in [1.54, 1.807) is 24.5 Å².